The van der Waals surface area contributed by atoms with Crippen LogP contribution in [0.15, 0.2) is 66.7 Å². The topological polar surface area (TPSA) is 35.2 Å². The molecule has 0 spiro atoms. The van der Waals surface area contributed by atoms with Crippen LogP contribution in [0.5, 0.6) is 5.75 Å². The van der Waals surface area contributed by atoms with Gasteiger partial charge in [-0.25, -0.2) is 0 Å². The van der Waals surface area contributed by atoms with Crippen LogP contribution in [0.25, 0.3) is 10.8 Å². The summed E-state index contributed by atoms with van der Waals surface area (Å²) in [6.45, 7) is 2.03. The van der Waals surface area contributed by atoms with Crippen molar-refractivity contribution in [1.82, 2.24) is 0 Å². The van der Waals surface area contributed by atoms with Gasteiger partial charge in [-0.3, -0.25) is 0 Å². The minimum atomic E-state index is -0.0281. The molecule has 0 fully saturated rings. The lowest BCUT2D eigenvalue weighted by atomic mass is 10.1. The van der Waals surface area contributed by atoms with Gasteiger partial charge < -0.3 is 10.5 Å². The molecule has 0 aliphatic rings. The Balaban J connectivity index is 1.85. The molecule has 0 aromatic heterocycles. The molecule has 3 aromatic carbocycles. The number of nitrogen functional groups attached to an aromatic ring is 1. The molecule has 3 rings (SSSR count). The Morgan fingerprint density at radius 1 is 0.850 bits per heavy atom. The molecule has 1 unspecified atom stereocenters. The van der Waals surface area contributed by atoms with Crippen molar-refractivity contribution in [2.45, 2.75) is 13.0 Å². The standard InChI is InChI=1S/C18H17NO/c1-13(15-7-4-8-17(19)11-15)20-18-10-9-14-5-2-3-6-16(14)12-18/h2-13H,19H2,1H3. The third kappa shape index (κ3) is 2.59. The Hall–Kier alpha value is -2.48. The minimum Gasteiger partial charge on any atom is -0.486 e. The maximum Gasteiger partial charge on any atom is 0.121 e. The number of benzene rings is 3. The fraction of sp³-hybridized carbons (Fsp3) is 0.111. The zero-order chi connectivity index (χ0) is 13.9. The van der Waals surface area contributed by atoms with Gasteiger partial charge in [-0.2, -0.15) is 0 Å². The minimum absolute atomic E-state index is 0.0281. The van der Waals surface area contributed by atoms with Crippen molar-refractivity contribution in [3.63, 3.8) is 0 Å². The number of nitrogens with two attached hydrogens (primary N) is 1. The van der Waals surface area contributed by atoms with Gasteiger partial charge in [0, 0.05) is 5.69 Å². The molecule has 20 heavy (non-hydrogen) atoms. The molecular weight excluding hydrogens is 246 g/mol. The van der Waals surface area contributed by atoms with Crippen LogP contribution < -0.4 is 10.5 Å². The van der Waals surface area contributed by atoms with E-state index < -0.39 is 0 Å². The van der Waals surface area contributed by atoms with E-state index in [9.17, 15) is 0 Å². The maximum atomic E-state index is 6.01. The molecule has 0 saturated heterocycles. The summed E-state index contributed by atoms with van der Waals surface area (Å²) in [6.07, 6.45) is -0.0281. The Morgan fingerprint density at radius 3 is 2.45 bits per heavy atom. The van der Waals surface area contributed by atoms with Crippen molar-refractivity contribution in [1.29, 1.82) is 0 Å². The molecule has 0 aliphatic carbocycles. The highest BCUT2D eigenvalue weighted by atomic mass is 16.5. The summed E-state index contributed by atoms with van der Waals surface area (Å²) < 4.78 is 6.01. The van der Waals surface area contributed by atoms with Crippen molar-refractivity contribution in [3.05, 3.63) is 72.3 Å². The second-order valence-electron chi connectivity index (χ2n) is 4.94. The Morgan fingerprint density at radius 2 is 1.65 bits per heavy atom. The number of anilines is 1. The lowest BCUT2D eigenvalue weighted by molar-refractivity contribution is 0.227. The first-order valence-electron chi connectivity index (χ1n) is 6.73. The van der Waals surface area contributed by atoms with Crippen LogP contribution in [-0.2, 0) is 0 Å². The number of hydrogen-bond acceptors (Lipinski definition) is 2. The zero-order valence-corrected chi connectivity index (χ0v) is 11.4. The molecule has 2 N–H and O–H groups in total. The Kier molecular flexibility index (Phi) is 3.30. The van der Waals surface area contributed by atoms with E-state index in [1.165, 1.54) is 10.8 Å². The molecule has 100 valence electrons. The molecule has 0 aliphatic heterocycles. The summed E-state index contributed by atoms with van der Waals surface area (Å²) in [5.41, 5.74) is 7.65. The second-order valence-corrected chi connectivity index (χ2v) is 4.94. The number of hydrogen-bond donors (Lipinski definition) is 1. The fourth-order valence-electron chi connectivity index (χ4n) is 2.32. The zero-order valence-electron chi connectivity index (χ0n) is 11.4. The van der Waals surface area contributed by atoms with Gasteiger partial charge in [0.15, 0.2) is 0 Å². The van der Waals surface area contributed by atoms with Gasteiger partial charge >= 0.3 is 0 Å². The molecular formula is C18H17NO. The Bertz CT molecular complexity index is 736. The van der Waals surface area contributed by atoms with Gasteiger partial charge in [0.05, 0.1) is 0 Å². The van der Waals surface area contributed by atoms with Gasteiger partial charge in [-0.15, -0.1) is 0 Å². The van der Waals surface area contributed by atoms with Crippen LogP contribution in [0, 0.1) is 0 Å². The smallest absolute Gasteiger partial charge is 0.121 e. The summed E-state index contributed by atoms with van der Waals surface area (Å²) in [7, 11) is 0. The molecule has 0 amide bonds. The maximum absolute atomic E-state index is 6.01. The fourth-order valence-corrected chi connectivity index (χ4v) is 2.32. The lowest BCUT2D eigenvalue weighted by Crippen LogP contribution is -2.03. The van der Waals surface area contributed by atoms with E-state index in [0.717, 1.165) is 17.0 Å². The summed E-state index contributed by atoms with van der Waals surface area (Å²) >= 11 is 0. The summed E-state index contributed by atoms with van der Waals surface area (Å²) in [5, 5.41) is 2.40. The number of fused-ring (bicyclic) bond motifs is 1. The van der Waals surface area contributed by atoms with Crippen LogP contribution in [0.2, 0.25) is 0 Å². The molecule has 0 saturated carbocycles. The third-order valence-electron chi connectivity index (χ3n) is 3.41. The van der Waals surface area contributed by atoms with E-state index >= 15 is 0 Å². The second kappa shape index (κ2) is 5.25. The van der Waals surface area contributed by atoms with Gasteiger partial charge in [-0.1, -0.05) is 42.5 Å². The first kappa shape index (κ1) is 12.5. The lowest BCUT2D eigenvalue weighted by Gasteiger charge is -2.16. The van der Waals surface area contributed by atoms with E-state index in [1.54, 1.807) is 0 Å². The van der Waals surface area contributed by atoms with Crippen LogP contribution in [0.1, 0.15) is 18.6 Å². The van der Waals surface area contributed by atoms with Crippen molar-refractivity contribution in [2.75, 3.05) is 5.73 Å². The average molecular weight is 263 g/mol. The first-order valence-corrected chi connectivity index (χ1v) is 6.73. The quantitative estimate of drug-likeness (QED) is 0.703. The van der Waals surface area contributed by atoms with Crippen LogP contribution in [0.3, 0.4) is 0 Å². The van der Waals surface area contributed by atoms with Crippen molar-refractivity contribution < 1.29 is 4.74 Å². The SMILES string of the molecule is CC(Oc1ccc2ccccc2c1)c1cccc(N)c1. The van der Waals surface area contributed by atoms with E-state index in [1.807, 2.05) is 49.4 Å². The number of rotatable bonds is 3. The normalized spacial score (nSPS) is 12.2. The molecule has 3 aromatic rings. The van der Waals surface area contributed by atoms with E-state index in [-0.39, 0.29) is 6.10 Å². The van der Waals surface area contributed by atoms with Crippen LogP contribution >= 0.6 is 0 Å². The van der Waals surface area contributed by atoms with Gasteiger partial charge in [0.25, 0.3) is 0 Å². The van der Waals surface area contributed by atoms with E-state index in [4.69, 9.17) is 10.5 Å². The van der Waals surface area contributed by atoms with E-state index in [2.05, 4.69) is 24.3 Å². The van der Waals surface area contributed by atoms with Crippen molar-refractivity contribution in [3.8, 4) is 5.75 Å². The molecule has 0 bridgehead atoms. The highest BCUT2D eigenvalue weighted by Crippen LogP contribution is 2.26. The monoisotopic (exact) mass is 263 g/mol. The summed E-state index contributed by atoms with van der Waals surface area (Å²) in [5.74, 6) is 0.874. The van der Waals surface area contributed by atoms with E-state index in [0.29, 0.717) is 0 Å². The predicted octanol–water partition coefficient (Wildman–Crippen LogP) is 4.56. The first-order chi connectivity index (χ1) is 9.72. The van der Waals surface area contributed by atoms with Gasteiger partial charge in [0.2, 0.25) is 0 Å². The summed E-state index contributed by atoms with van der Waals surface area (Å²) in [6, 6.07) is 22.2. The van der Waals surface area contributed by atoms with Crippen LogP contribution in [0.4, 0.5) is 5.69 Å². The average Bonchev–Trinajstić information content (AvgIpc) is 2.47. The molecule has 2 nitrogen and oxygen atoms in total. The molecule has 0 heterocycles. The van der Waals surface area contributed by atoms with Crippen molar-refractivity contribution >= 4 is 16.5 Å². The molecule has 0 radical (unpaired) electrons. The molecule has 2 heteroatoms. The highest BCUT2D eigenvalue weighted by Gasteiger charge is 2.07. The van der Waals surface area contributed by atoms with Crippen LogP contribution in [-0.4, -0.2) is 0 Å². The number of ether oxygens (including phenoxy) is 1. The van der Waals surface area contributed by atoms with Gasteiger partial charge in [0.1, 0.15) is 11.9 Å². The van der Waals surface area contributed by atoms with Crippen molar-refractivity contribution in [2.24, 2.45) is 0 Å². The molecule has 1 atom stereocenters. The third-order valence-corrected chi connectivity index (χ3v) is 3.41. The largest absolute Gasteiger partial charge is 0.486 e. The Labute approximate surface area is 118 Å². The summed E-state index contributed by atoms with van der Waals surface area (Å²) in [4.78, 5) is 0. The highest BCUT2D eigenvalue weighted by molar-refractivity contribution is 5.83. The van der Waals surface area contributed by atoms with Gasteiger partial charge in [-0.05, 0) is 47.5 Å². The predicted molar refractivity (Wildman–Crippen MR) is 83.8 cm³/mol.